The van der Waals surface area contributed by atoms with Gasteiger partial charge in [0.1, 0.15) is 0 Å². The Kier molecular flexibility index (Phi) is 4.88. The van der Waals surface area contributed by atoms with Gasteiger partial charge in [-0.25, -0.2) is 13.1 Å². The van der Waals surface area contributed by atoms with Crippen molar-refractivity contribution in [2.24, 2.45) is 0 Å². The number of pyridine rings is 1. The Morgan fingerprint density at radius 2 is 1.77 bits per heavy atom. The van der Waals surface area contributed by atoms with Crippen molar-refractivity contribution in [3.8, 4) is 0 Å². The van der Waals surface area contributed by atoms with Gasteiger partial charge in [-0.2, -0.15) is 0 Å². The third-order valence-electron chi connectivity index (χ3n) is 3.77. The van der Waals surface area contributed by atoms with Gasteiger partial charge in [-0.3, -0.25) is 9.59 Å². The lowest BCUT2D eigenvalue weighted by Gasteiger charge is -2.08. The summed E-state index contributed by atoms with van der Waals surface area (Å²) in [4.78, 5) is 25.9. The fraction of sp³-hybridized carbons (Fsp3) is 0.111. The number of hydrogen-bond donors (Lipinski definition) is 3. The van der Waals surface area contributed by atoms with Gasteiger partial charge in [-0.05, 0) is 41.8 Å². The second kappa shape index (κ2) is 7.11. The number of anilines is 1. The summed E-state index contributed by atoms with van der Waals surface area (Å²) in [5.74, 6) is -0.241. The van der Waals surface area contributed by atoms with Crippen LogP contribution in [0.2, 0.25) is 0 Å². The predicted octanol–water partition coefficient (Wildman–Crippen LogP) is 1.96. The largest absolute Gasteiger partial charge is 0.326 e. The number of benzene rings is 2. The zero-order valence-electron chi connectivity index (χ0n) is 13.9. The van der Waals surface area contributed by atoms with Gasteiger partial charge < -0.3 is 10.3 Å². The number of aromatic nitrogens is 1. The van der Waals surface area contributed by atoms with Crippen molar-refractivity contribution in [1.29, 1.82) is 0 Å². The van der Waals surface area contributed by atoms with E-state index >= 15 is 0 Å². The average Bonchev–Trinajstić information content (AvgIpc) is 2.60. The molecule has 0 saturated heterocycles. The maximum Gasteiger partial charge on any atom is 0.252 e. The Morgan fingerprint density at radius 1 is 1.08 bits per heavy atom. The lowest BCUT2D eigenvalue weighted by atomic mass is 10.1. The molecule has 3 rings (SSSR count). The van der Waals surface area contributed by atoms with Crippen LogP contribution in [0.4, 0.5) is 5.69 Å². The fourth-order valence-electron chi connectivity index (χ4n) is 2.50. The van der Waals surface area contributed by atoms with E-state index in [1.807, 2.05) is 18.2 Å². The molecule has 7 nitrogen and oxygen atoms in total. The molecule has 3 N–H and O–H groups in total. The van der Waals surface area contributed by atoms with Crippen molar-refractivity contribution in [1.82, 2.24) is 9.71 Å². The Morgan fingerprint density at radius 3 is 2.46 bits per heavy atom. The molecule has 1 aromatic heterocycles. The van der Waals surface area contributed by atoms with Crippen molar-refractivity contribution >= 4 is 32.5 Å². The van der Waals surface area contributed by atoms with Gasteiger partial charge in [0.15, 0.2) is 0 Å². The molecule has 0 bridgehead atoms. The van der Waals surface area contributed by atoms with Crippen molar-refractivity contribution in [3.63, 3.8) is 0 Å². The molecule has 1 amide bonds. The van der Waals surface area contributed by atoms with E-state index in [0.29, 0.717) is 16.8 Å². The highest BCUT2D eigenvalue weighted by atomic mass is 32.2. The molecule has 0 aliphatic rings. The molecule has 0 saturated carbocycles. The standard InChI is InChI=1S/C18H17N3O4S/c1-12(22)20-15-6-8-16(9-7-15)26(24,25)19-11-14-10-13-4-2-3-5-17(13)21-18(14)23/h2-10,19H,11H2,1H3,(H,20,22)(H,21,23). The van der Waals surface area contributed by atoms with E-state index in [9.17, 15) is 18.0 Å². The van der Waals surface area contributed by atoms with Gasteiger partial charge in [0.05, 0.1) is 4.90 Å². The topological polar surface area (TPSA) is 108 Å². The SMILES string of the molecule is CC(=O)Nc1ccc(S(=O)(=O)NCc2cc3ccccc3[nH]c2=O)cc1. The highest BCUT2D eigenvalue weighted by molar-refractivity contribution is 7.89. The molecular formula is C18H17N3O4S. The summed E-state index contributed by atoms with van der Waals surface area (Å²) in [6.45, 7) is 1.24. The van der Waals surface area contributed by atoms with E-state index in [1.54, 1.807) is 12.1 Å². The molecule has 0 aliphatic carbocycles. The normalized spacial score (nSPS) is 11.4. The predicted molar refractivity (Wildman–Crippen MR) is 99.3 cm³/mol. The van der Waals surface area contributed by atoms with Crippen molar-refractivity contribution in [2.45, 2.75) is 18.4 Å². The van der Waals surface area contributed by atoms with Gasteiger partial charge in [-0.15, -0.1) is 0 Å². The summed E-state index contributed by atoms with van der Waals surface area (Å²) < 4.78 is 27.2. The van der Waals surface area contributed by atoms with Crippen LogP contribution >= 0.6 is 0 Å². The number of amides is 1. The molecule has 0 spiro atoms. The van der Waals surface area contributed by atoms with E-state index in [2.05, 4.69) is 15.0 Å². The number of carbonyl (C=O) groups excluding carboxylic acids is 1. The summed E-state index contributed by atoms with van der Waals surface area (Å²) in [6, 6.07) is 14.7. The summed E-state index contributed by atoms with van der Waals surface area (Å²) in [6.07, 6.45) is 0. The minimum atomic E-state index is -3.79. The maximum atomic E-state index is 12.4. The van der Waals surface area contributed by atoms with Crippen LogP contribution in [-0.4, -0.2) is 19.3 Å². The second-order valence-electron chi connectivity index (χ2n) is 5.74. The summed E-state index contributed by atoms with van der Waals surface area (Å²) >= 11 is 0. The fourth-order valence-corrected chi connectivity index (χ4v) is 3.51. The molecule has 0 radical (unpaired) electrons. The van der Waals surface area contributed by atoms with Crippen LogP contribution in [0.1, 0.15) is 12.5 Å². The van der Waals surface area contributed by atoms with Crippen LogP contribution in [0.25, 0.3) is 10.9 Å². The van der Waals surface area contributed by atoms with Crippen LogP contribution in [0, 0.1) is 0 Å². The van der Waals surface area contributed by atoms with Gasteiger partial charge in [0.25, 0.3) is 5.56 Å². The molecular weight excluding hydrogens is 354 g/mol. The van der Waals surface area contributed by atoms with E-state index in [-0.39, 0.29) is 22.9 Å². The lowest BCUT2D eigenvalue weighted by Crippen LogP contribution is -2.27. The Labute approximate surface area is 150 Å². The molecule has 3 aromatic rings. The number of nitrogens with one attached hydrogen (secondary N) is 3. The van der Waals surface area contributed by atoms with Crippen molar-refractivity contribution in [3.05, 3.63) is 70.5 Å². The molecule has 8 heteroatoms. The van der Waals surface area contributed by atoms with E-state index in [1.165, 1.54) is 31.2 Å². The summed E-state index contributed by atoms with van der Waals surface area (Å²) in [7, 11) is -3.79. The molecule has 134 valence electrons. The zero-order valence-corrected chi connectivity index (χ0v) is 14.8. The average molecular weight is 371 g/mol. The first-order chi connectivity index (χ1) is 12.3. The summed E-state index contributed by atoms with van der Waals surface area (Å²) in [5.41, 5.74) is 1.18. The lowest BCUT2D eigenvalue weighted by molar-refractivity contribution is -0.114. The monoisotopic (exact) mass is 371 g/mol. The highest BCUT2D eigenvalue weighted by Gasteiger charge is 2.15. The first-order valence-corrected chi connectivity index (χ1v) is 9.32. The minimum absolute atomic E-state index is 0.0452. The number of para-hydroxylation sites is 1. The van der Waals surface area contributed by atoms with Crippen LogP contribution in [-0.2, 0) is 21.4 Å². The second-order valence-corrected chi connectivity index (χ2v) is 7.51. The molecule has 0 aliphatic heterocycles. The number of H-pyrrole nitrogens is 1. The molecule has 0 fully saturated rings. The molecule has 2 aromatic carbocycles. The number of sulfonamides is 1. The van der Waals surface area contributed by atoms with Gasteiger partial charge in [0.2, 0.25) is 15.9 Å². The van der Waals surface area contributed by atoms with Gasteiger partial charge >= 0.3 is 0 Å². The van der Waals surface area contributed by atoms with Crippen LogP contribution in [0.3, 0.4) is 0 Å². The molecule has 1 heterocycles. The number of carbonyl (C=O) groups is 1. The van der Waals surface area contributed by atoms with Crippen molar-refractivity contribution in [2.75, 3.05) is 5.32 Å². The van der Waals surface area contributed by atoms with E-state index < -0.39 is 10.0 Å². The van der Waals surface area contributed by atoms with Crippen LogP contribution < -0.4 is 15.6 Å². The van der Waals surface area contributed by atoms with Crippen LogP contribution in [0.5, 0.6) is 0 Å². The first-order valence-electron chi connectivity index (χ1n) is 7.83. The molecule has 0 unspecified atom stereocenters. The maximum absolute atomic E-state index is 12.4. The quantitative estimate of drug-likeness (QED) is 0.637. The number of rotatable bonds is 5. The smallest absolute Gasteiger partial charge is 0.252 e. The highest BCUT2D eigenvalue weighted by Crippen LogP contribution is 2.15. The number of aromatic amines is 1. The number of fused-ring (bicyclic) bond motifs is 1. The Bertz CT molecular complexity index is 1120. The van der Waals surface area contributed by atoms with Gasteiger partial charge in [-0.1, -0.05) is 18.2 Å². The Balaban J connectivity index is 1.79. The molecule has 26 heavy (non-hydrogen) atoms. The van der Waals surface area contributed by atoms with Crippen molar-refractivity contribution < 1.29 is 13.2 Å². The Hall–Kier alpha value is -2.97. The zero-order chi connectivity index (χ0) is 18.7. The van der Waals surface area contributed by atoms with Crippen LogP contribution in [0.15, 0.2) is 64.3 Å². The third kappa shape index (κ3) is 3.98. The number of hydrogen-bond acceptors (Lipinski definition) is 4. The van der Waals surface area contributed by atoms with E-state index in [4.69, 9.17) is 0 Å². The first kappa shape index (κ1) is 17.8. The van der Waals surface area contributed by atoms with Gasteiger partial charge in [0, 0.05) is 30.2 Å². The third-order valence-corrected chi connectivity index (χ3v) is 5.19. The minimum Gasteiger partial charge on any atom is -0.326 e. The molecule has 0 atom stereocenters. The van der Waals surface area contributed by atoms with E-state index in [0.717, 1.165) is 5.39 Å². The summed E-state index contributed by atoms with van der Waals surface area (Å²) in [5, 5.41) is 3.39.